The quantitative estimate of drug-likeness (QED) is 0.194. The fourth-order valence-corrected chi connectivity index (χ4v) is 6.41. The van der Waals surface area contributed by atoms with E-state index in [0.717, 1.165) is 49.7 Å². The molecule has 0 unspecified atom stereocenters. The van der Waals surface area contributed by atoms with Crippen LogP contribution in [0.1, 0.15) is 0 Å². The number of rotatable bonds is 5. The molecule has 0 amide bonds. The van der Waals surface area contributed by atoms with Crippen molar-refractivity contribution in [2.75, 3.05) is 0 Å². The third-order valence-electron chi connectivity index (χ3n) is 8.96. The van der Waals surface area contributed by atoms with E-state index in [2.05, 4.69) is 163 Å². The van der Waals surface area contributed by atoms with E-state index >= 15 is 0 Å². The van der Waals surface area contributed by atoms with Gasteiger partial charge in [0, 0.05) is 33.8 Å². The number of nitrogens with zero attached hydrogens (tertiary/aromatic N) is 4. The molecule has 0 aliphatic rings. The number of fused-ring (bicyclic) bond motifs is 3. The molecule has 2 heterocycles. The highest BCUT2D eigenvalue weighted by Gasteiger charge is 2.14. The molecule has 0 N–H and O–H groups in total. The molecule has 0 spiro atoms. The minimum Gasteiger partial charge on any atom is -0.256 e. The summed E-state index contributed by atoms with van der Waals surface area (Å²) in [6.45, 7) is 0. The van der Waals surface area contributed by atoms with Crippen LogP contribution in [0.2, 0.25) is 0 Å². The number of hydrogen-bond donors (Lipinski definition) is 0. The van der Waals surface area contributed by atoms with Crippen molar-refractivity contribution >= 4 is 32.4 Å². The second-order valence-corrected chi connectivity index (χ2v) is 12.0. The topological polar surface area (TPSA) is 51.6 Å². The van der Waals surface area contributed by atoms with Crippen molar-refractivity contribution in [2.24, 2.45) is 0 Å². The lowest BCUT2D eigenvalue weighted by atomic mass is 10.00. The van der Waals surface area contributed by atoms with Crippen LogP contribution in [0.4, 0.5) is 0 Å². The van der Waals surface area contributed by atoms with Crippen molar-refractivity contribution in [2.45, 2.75) is 0 Å². The summed E-state index contributed by atoms with van der Waals surface area (Å²) in [4.78, 5) is 19.7. The molecule has 48 heavy (non-hydrogen) atoms. The third kappa shape index (κ3) is 5.16. The van der Waals surface area contributed by atoms with Gasteiger partial charge in [-0.15, -0.1) is 0 Å². The molecule has 0 aliphatic carbocycles. The van der Waals surface area contributed by atoms with Crippen molar-refractivity contribution in [3.8, 4) is 56.4 Å². The summed E-state index contributed by atoms with van der Waals surface area (Å²) < 4.78 is 0. The van der Waals surface area contributed by atoms with E-state index in [1.165, 1.54) is 21.7 Å². The first-order valence-electron chi connectivity index (χ1n) is 16.0. The summed E-state index contributed by atoms with van der Waals surface area (Å²) in [5.41, 5.74) is 8.30. The Morgan fingerprint density at radius 3 is 1.40 bits per heavy atom. The summed E-state index contributed by atoms with van der Waals surface area (Å²) in [7, 11) is 0. The van der Waals surface area contributed by atoms with Gasteiger partial charge in [-0.05, 0) is 56.4 Å². The maximum Gasteiger partial charge on any atom is 0.164 e. The molecular formula is C44H28N4. The smallest absolute Gasteiger partial charge is 0.164 e. The zero-order chi connectivity index (χ0) is 31.9. The van der Waals surface area contributed by atoms with Crippen LogP contribution >= 0.6 is 0 Å². The normalized spacial score (nSPS) is 11.3. The van der Waals surface area contributed by atoms with Gasteiger partial charge < -0.3 is 0 Å². The van der Waals surface area contributed by atoms with E-state index in [-0.39, 0.29) is 0 Å². The van der Waals surface area contributed by atoms with Crippen molar-refractivity contribution in [1.82, 2.24) is 19.9 Å². The van der Waals surface area contributed by atoms with Crippen LogP contribution in [-0.4, -0.2) is 19.9 Å². The zero-order valence-electron chi connectivity index (χ0n) is 26.0. The maximum atomic E-state index is 5.02. The summed E-state index contributed by atoms with van der Waals surface area (Å²) in [6, 6.07) is 57.0. The van der Waals surface area contributed by atoms with Gasteiger partial charge in [-0.1, -0.05) is 146 Å². The van der Waals surface area contributed by atoms with E-state index in [1.54, 1.807) is 0 Å². The Hall–Kier alpha value is -6.52. The lowest BCUT2D eigenvalue weighted by Crippen LogP contribution is -2.00. The lowest BCUT2D eigenvalue weighted by Gasteiger charge is -2.11. The molecule has 7 aromatic carbocycles. The molecular weight excluding hydrogens is 585 g/mol. The van der Waals surface area contributed by atoms with Crippen LogP contribution in [0.15, 0.2) is 170 Å². The van der Waals surface area contributed by atoms with Crippen molar-refractivity contribution < 1.29 is 0 Å². The van der Waals surface area contributed by atoms with Crippen LogP contribution in [0, 0.1) is 0 Å². The van der Waals surface area contributed by atoms with Crippen LogP contribution < -0.4 is 0 Å². The van der Waals surface area contributed by atoms with Gasteiger partial charge in [0.2, 0.25) is 0 Å². The van der Waals surface area contributed by atoms with E-state index in [0.29, 0.717) is 17.5 Å². The average Bonchev–Trinajstić information content (AvgIpc) is 3.17. The van der Waals surface area contributed by atoms with Gasteiger partial charge in [0.25, 0.3) is 0 Å². The number of hydrogen-bond acceptors (Lipinski definition) is 4. The number of benzene rings is 7. The first-order valence-corrected chi connectivity index (χ1v) is 16.0. The SMILES string of the molecule is c1ccc2cc(-c3ccc(-c4nc(-c5ccc(-c6cccc7cccnc67)cc5)nc(-c5ccc6ccccc6c5)n4)cc3)ccc2c1. The first-order chi connectivity index (χ1) is 23.7. The summed E-state index contributed by atoms with van der Waals surface area (Å²) in [6.07, 6.45) is 1.84. The second-order valence-electron chi connectivity index (χ2n) is 12.0. The molecule has 0 atom stereocenters. The van der Waals surface area contributed by atoms with E-state index in [1.807, 2.05) is 12.3 Å². The molecule has 9 aromatic rings. The Balaban J connectivity index is 1.13. The van der Waals surface area contributed by atoms with Crippen LogP contribution in [-0.2, 0) is 0 Å². The predicted octanol–water partition coefficient (Wildman–Crippen LogP) is 11.1. The molecule has 0 bridgehead atoms. The third-order valence-corrected chi connectivity index (χ3v) is 8.96. The van der Waals surface area contributed by atoms with Crippen molar-refractivity contribution in [3.63, 3.8) is 0 Å². The molecule has 0 fully saturated rings. The predicted molar refractivity (Wildman–Crippen MR) is 197 cm³/mol. The summed E-state index contributed by atoms with van der Waals surface area (Å²) in [5.74, 6) is 1.90. The number of para-hydroxylation sites is 1. The second kappa shape index (κ2) is 11.7. The number of aromatic nitrogens is 4. The van der Waals surface area contributed by atoms with Gasteiger partial charge >= 0.3 is 0 Å². The molecule has 4 heteroatoms. The summed E-state index contributed by atoms with van der Waals surface area (Å²) >= 11 is 0. The fraction of sp³-hybridized carbons (Fsp3) is 0. The molecule has 4 nitrogen and oxygen atoms in total. The van der Waals surface area contributed by atoms with E-state index in [4.69, 9.17) is 15.0 Å². The van der Waals surface area contributed by atoms with Crippen molar-refractivity contribution in [3.05, 3.63) is 170 Å². The van der Waals surface area contributed by atoms with Crippen LogP contribution in [0.3, 0.4) is 0 Å². The minimum absolute atomic E-state index is 0.629. The molecule has 9 rings (SSSR count). The van der Waals surface area contributed by atoms with Gasteiger partial charge in [0.15, 0.2) is 17.5 Å². The molecule has 0 saturated heterocycles. The first kappa shape index (κ1) is 27.8. The summed E-state index contributed by atoms with van der Waals surface area (Å²) in [5, 5.41) is 5.90. The van der Waals surface area contributed by atoms with Crippen LogP contribution in [0.25, 0.3) is 88.9 Å². The highest BCUT2D eigenvalue weighted by Crippen LogP contribution is 2.32. The highest BCUT2D eigenvalue weighted by atomic mass is 15.0. The highest BCUT2D eigenvalue weighted by molar-refractivity contribution is 5.94. The van der Waals surface area contributed by atoms with Gasteiger partial charge in [-0.2, -0.15) is 0 Å². The molecule has 0 aliphatic heterocycles. The zero-order valence-corrected chi connectivity index (χ0v) is 26.0. The Bertz CT molecular complexity index is 2600. The number of pyridine rings is 1. The Morgan fingerprint density at radius 1 is 0.292 bits per heavy atom. The van der Waals surface area contributed by atoms with E-state index < -0.39 is 0 Å². The maximum absolute atomic E-state index is 5.02. The van der Waals surface area contributed by atoms with E-state index in [9.17, 15) is 0 Å². The van der Waals surface area contributed by atoms with Gasteiger partial charge in [0.05, 0.1) is 5.52 Å². The fourth-order valence-electron chi connectivity index (χ4n) is 6.41. The molecule has 2 aromatic heterocycles. The van der Waals surface area contributed by atoms with Crippen molar-refractivity contribution in [1.29, 1.82) is 0 Å². The molecule has 224 valence electrons. The Kier molecular flexibility index (Phi) is 6.76. The standard InChI is InChI=1S/C44H28N4/c1-3-9-36-27-38(24-16-29(36)7-1)31-14-20-34(21-15-31)42-46-43(48-44(47-42)39-25-17-30-8-2-4-10-37(30)28-39)35-22-18-32(19-23-35)40-13-5-11-33-12-6-26-45-41(33)40/h1-28H. The molecule has 0 saturated carbocycles. The van der Waals surface area contributed by atoms with Gasteiger partial charge in [-0.25, -0.2) is 15.0 Å². The minimum atomic E-state index is 0.629. The Labute approximate surface area is 278 Å². The largest absolute Gasteiger partial charge is 0.256 e. The average molecular weight is 613 g/mol. The lowest BCUT2D eigenvalue weighted by molar-refractivity contribution is 1.07. The molecule has 0 radical (unpaired) electrons. The Morgan fingerprint density at radius 2 is 0.750 bits per heavy atom. The van der Waals surface area contributed by atoms with Crippen LogP contribution in [0.5, 0.6) is 0 Å². The monoisotopic (exact) mass is 612 g/mol. The van der Waals surface area contributed by atoms with Gasteiger partial charge in [0.1, 0.15) is 0 Å². The van der Waals surface area contributed by atoms with Gasteiger partial charge in [-0.3, -0.25) is 4.98 Å².